The summed E-state index contributed by atoms with van der Waals surface area (Å²) in [7, 11) is 0. The Morgan fingerprint density at radius 2 is 1.85 bits per heavy atom. The van der Waals surface area contributed by atoms with Crippen LogP contribution in [0.2, 0.25) is 0 Å². The molecule has 72 valence electrons. The molecular weight excluding hydrogens is 308 g/mol. The normalized spacial score (nSPS) is 13.2. The summed E-state index contributed by atoms with van der Waals surface area (Å²) in [6.45, 7) is 2.24. The van der Waals surface area contributed by atoms with Gasteiger partial charge in [-0.15, -0.1) is 30.6 Å². The highest BCUT2D eigenvalue weighted by molar-refractivity contribution is 9.49. The van der Waals surface area contributed by atoms with Crippen molar-refractivity contribution in [1.29, 1.82) is 0 Å². The van der Waals surface area contributed by atoms with Gasteiger partial charge in [-0.3, -0.25) is 0 Å². The zero-order valence-corrected chi connectivity index (χ0v) is 12.0. The van der Waals surface area contributed by atoms with E-state index in [0.29, 0.717) is 5.54 Å². The van der Waals surface area contributed by atoms with Crippen molar-refractivity contribution in [2.24, 2.45) is 0 Å². The van der Waals surface area contributed by atoms with E-state index in [4.69, 9.17) is 0 Å². The fourth-order valence-corrected chi connectivity index (χ4v) is 5.97. The lowest BCUT2D eigenvalue weighted by atomic mass is 10.1. The quantitative estimate of drug-likeness (QED) is 0.578. The first-order valence-corrected chi connectivity index (χ1v) is 11.6. The van der Waals surface area contributed by atoms with Crippen LogP contribution >= 0.6 is 30.6 Å². The summed E-state index contributed by atoms with van der Waals surface area (Å²) < 4.78 is 0. The van der Waals surface area contributed by atoms with Crippen molar-refractivity contribution in [2.45, 2.75) is 25.3 Å². The SMILES string of the molecule is CCCC(c1ccccc1)[SiH](Br)Br. The lowest BCUT2D eigenvalue weighted by molar-refractivity contribution is 0.767. The van der Waals surface area contributed by atoms with Gasteiger partial charge in [0.05, 0.1) is 0 Å². The second-order valence-corrected chi connectivity index (χ2v) is 14.2. The third-order valence-corrected chi connectivity index (χ3v) is 7.29. The number of rotatable bonds is 4. The largest absolute Gasteiger partial charge is 0.193 e. The fraction of sp³-hybridized carbons (Fsp3) is 0.400. The summed E-state index contributed by atoms with van der Waals surface area (Å²) in [6.07, 6.45) is 2.53. The van der Waals surface area contributed by atoms with Gasteiger partial charge in [-0.1, -0.05) is 43.7 Å². The molecule has 0 amide bonds. The minimum Gasteiger partial charge on any atom is -0.115 e. The average molecular weight is 322 g/mol. The van der Waals surface area contributed by atoms with E-state index in [-0.39, 0.29) is 0 Å². The van der Waals surface area contributed by atoms with Gasteiger partial charge in [0.1, 0.15) is 0 Å². The molecule has 0 heterocycles. The summed E-state index contributed by atoms with van der Waals surface area (Å²) in [5, 5.41) is 0. The van der Waals surface area contributed by atoms with Gasteiger partial charge in [0.25, 0.3) is 0 Å². The Kier molecular flexibility index (Phi) is 5.28. The Morgan fingerprint density at radius 1 is 1.23 bits per heavy atom. The van der Waals surface area contributed by atoms with Gasteiger partial charge in [-0.25, -0.2) is 0 Å². The lowest BCUT2D eigenvalue weighted by Crippen LogP contribution is -2.10. The number of benzene rings is 1. The minimum atomic E-state index is -0.905. The van der Waals surface area contributed by atoms with Crippen LogP contribution < -0.4 is 0 Å². The number of halogens is 2. The highest BCUT2D eigenvalue weighted by Gasteiger charge is 2.18. The standard InChI is InChI=1S/C10H14Br2Si/c1-2-6-10(13(11)12)9-7-4-3-5-8-9/h3-5,7-8,10,13H,2,6H2,1H3. The van der Waals surface area contributed by atoms with E-state index >= 15 is 0 Å². The lowest BCUT2D eigenvalue weighted by Gasteiger charge is -2.16. The van der Waals surface area contributed by atoms with E-state index in [9.17, 15) is 0 Å². The second kappa shape index (κ2) is 5.99. The maximum absolute atomic E-state index is 3.73. The predicted molar refractivity (Wildman–Crippen MR) is 69.1 cm³/mol. The molecule has 0 fully saturated rings. The molecular formula is C10H14Br2Si. The van der Waals surface area contributed by atoms with E-state index in [1.165, 1.54) is 18.4 Å². The van der Waals surface area contributed by atoms with Gasteiger partial charge >= 0.3 is 0 Å². The molecule has 1 atom stereocenters. The first kappa shape index (κ1) is 11.5. The van der Waals surface area contributed by atoms with E-state index < -0.39 is 6.04 Å². The summed E-state index contributed by atoms with van der Waals surface area (Å²) in [6, 6.07) is 9.86. The van der Waals surface area contributed by atoms with Crippen LogP contribution in [0.5, 0.6) is 0 Å². The zero-order valence-electron chi connectivity index (χ0n) is 7.71. The van der Waals surface area contributed by atoms with E-state index in [1.54, 1.807) is 0 Å². The Bertz CT molecular complexity index is 236. The van der Waals surface area contributed by atoms with Gasteiger partial charge < -0.3 is 0 Å². The molecule has 0 aromatic heterocycles. The third kappa shape index (κ3) is 3.56. The monoisotopic (exact) mass is 320 g/mol. The molecule has 1 rings (SSSR count). The van der Waals surface area contributed by atoms with Crippen molar-refractivity contribution in [2.75, 3.05) is 0 Å². The van der Waals surface area contributed by atoms with Gasteiger partial charge in [0, 0.05) is 0 Å². The molecule has 3 heteroatoms. The molecule has 13 heavy (non-hydrogen) atoms. The van der Waals surface area contributed by atoms with Crippen molar-refractivity contribution >= 4 is 36.6 Å². The van der Waals surface area contributed by atoms with Crippen LogP contribution in [0.1, 0.15) is 30.9 Å². The molecule has 0 aliphatic rings. The smallest absolute Gasteiger partial charge is 0.115 e. The van der Waals surface area contributed by atoms with Crippen LogP contribution in [0.4, 0.5) is 0 Å². The highest BCUT2D eigenvalue weighted by Crippen LogP contribution is 2.29. The molecule has 1 unspecified atom stereocenters. The van der Waals surface area contributed by atoms with Crippen molar-refractivity contribution in [1.82, 2.24) is 0 Å². The summed E-state index contributed by atoms with van der Waals surface area (Å²) in [5.74, 6) is 0. The Balaban J connectivity index is 2.76. The molecule has 1 aromatic rings. The second-order valence-electron chi connectivity index (χ2n) is 3.14. The van der Waals surface area contributed by atoms with Crippen LogP contribution in [0.3, 0.4) is 0 Å². The summed E-state index contributed by atoms with van der Waals surface area (Å²) >= 11 is 7.47. The topological polar surface area (TPSA) is 0 Å². The van der Waals surface area contributed by atoms with Gasteiger partial charge in [-0.05, 0) is 17.5 Å². The molecule has 1 aromatic carbocycles. The maximum atomic E-state index is 3.73. The molecule has 0 aliphatic heterocycles. The van der Waals surface area contributed by atoms with Gasteiger partial charge in [-0.2, -0.15) is 0 Å². The van der Waals surface area contributed by atoms with Crippen LogP contribution in [0.15, 0.2) is 30.3 Å². The Labute approximate surface area is 97.5 Å². The van der Waals surface area contributed by atoms with Crippen LogP contribution in [0, 0.1) is 0 Å². The first-order chi connectivity index (χ1) is 6.25. The fourth-order valence-electron chi connectivity index (χ4n) is 1.45. The van der Waals surface area contributed by atoms with Crippen molar-refractivity contribution in [3.8, 4) is 0 Å². The first-order valence-electron chi connectivity index (χ1n) is 4.58. The van der Waals surface area contributed by atoms with E-state index in [2.05, 4.69) is 67.8 Å². The van der Waals surface area contributed by atoms with Crippen molar-refractivity contribution in [3.05, 3.63) is 35.9 Å². The summed E-state index contributed by atoms with van der Waals surface area (Å²) in [4.78, 5) is 0. The highest BCUT2D eigenvalue weighted by atomic mass is 79.9. The predicted octanol–water partition coefficient (Wildman–Crippen LogP) is 4.12. The molecule has 0 aliphatic carbocycles. The Hall–Kier alpha value is 0.397. The third-order valence-electron chi connectivity index (χ3n) is 2.13. The Morgan fingerprint density at radius 3 is 2.31 bits per heavy atom. The summed E-state index contributed by atoms with van der Waals surface area (Å²) in [5.41, 5.74) is 2.18. The molecule has 0 spiro atoms. The van der Waals surface area contributed by atoms with Crippen LogP contribution in [-0.4, -0.2) is 6.04 Å². The van der Waals surface area contributed by atoms with Crippen LogP contribution in [0.25, 0.3) is 0 Å². The molecule has 0 nitrogen and oxygen atoms in total. The van der Waals surface area contributed by atoms with Crippen molar-refractivity contribution in [3.63, 3.8) is 0 Å². The maximum Gasteiger partial charge on any atom is 0.193 e. The van der Waals surface area contributed by atoms with E-state index in [1.807, 2.05) is 0 Å². The molecule has 0 bridgehead atoms. The van der Waals surface area contributed by atoms with Crippen molar-refractivity contribution < 1.29 is 0 Å². The number of hydrogen-bond donors (Lipinski definition) is 0. The van der Waals surface area contributed by atoms with Crippen LogP contribution in [-0.2, 0) is 0 Å². The zero-order chi connectivity index (χ0) is 9.68. The van der Waals surface area contributed by atoms with Gasteiger partial charge in [0.15, 0.2) is 6.04 Å². The van der Waals surface area contributed by atoms with Gasteiger partial charge in [0.2, 0.25) is 0 Å². The minimum absolute atomic E-state index is 0.714. The number of hydrogen-bond acceptors (Lipinski definition) is 0. The van der Waals surface area contributed by atoms with E-state index in [0.717, 1.165) is 0 Å². The molecule has 0 saturated carbocycles. The molecule has 0 N–H and O–H groups in total. The molecule has 0 saturated heterocycles. The average Bonchev–Trinajstić information content (AvgIpc) is 2.15. The molecule has 0 radical (unpaired) electrons.